The summed E-state index contributed by atoms with van der Waals surface area (Å²) in [4.78, 5) is 12.5. The molecule has 108 valence electrons. The van der Waals surface area contributed by atoms with Gasteiger partial charge in [0.1, 0.15) is 5.41 Å². The Labute approximate surface area is 123 Å². The number of rotatable bonds is 3. The first-order valence-corrected chi connectivity index (χ1v) is 8.19. The van der Waals surface area contributed by atoms with Gasteiger partial charge < -0.3 is 9.84 Å². The lowest BCUT2D eigenvalue weighted by atomic mass is 9.64. The molecule has 0 amide bonds. The Hall–Kier alpha value is -1.13. The van der Waals surface area contributed by atoms with Gasteiger partial charge in [0.25, 0.3) is 0 Å². The third-order valence-electron chi connectivity index (χ3n) is 4.70. The van der Waals surface area contributed by atoms with Crippen molar-refractivity contribution >= 4 is 22.9 Å². The molecule has 4 heteroatoms. The lowest BCUT2D eigenvalue weighted by Gasteiger charge is -2.43. The van der Waals surface area contributed by atoms with E-state index in [1.54, 1.807) is 11.3 Å². The van der Waals surface area contributed by atoms with E-state index in [0.29, 0.717) is 25.9 Å². The highest BCUT2D eigenvalue weighted by atomic mass is 32.1. The number of ether oxygens (including phenoxy) is 1. The number of hydrogen-bond acceptors (Lipinski definition) is 4. The van der Waals surface area contributed by atoms with Crippen LogP contribution < -0.4 is 0 Å². The van der Waals surface area contributed by atoms with Crippen LogP contribution in [-0.4, -0.2) is 23.3 Å². The van der Waals surface area contributed by atoms with Crippen LogP contribution >= 0.6 is 11.3 Å². The van der Waals surface area contributed by atoms with Gasteiger partial charge in [0.15, 0.2) is 0 Å². The van der Waals surface area contributed by atoms with Crippen LogP contribution in [0.5, 0.6) is 0 Å². The Morgan fingerprint density at radius 1 is 1.45 bits per heavy atom. The minimum Gasteiger partial charge on any atom is -0.465 e. The molecule has 2 aliphatic rings. The zero-order chi connectivity index (χ0) is 14.2. The number of esters is 1. The number of carbonyl (C=O) groups is 1. The summed E-state index contributed by atoms with van der Waals surface area (Å²) in [7, 11) is 0. The standard InChI is InChI=1S/C16H20O3S/c1-2-19-14(17)15-6-3-4-7-16(15,18)10-13(9-15)12-5-8-20-11-12/h5,8,10-11,18H,2-4,6-7,9H2,1H3/t15-,16-/m1/s1. The highest BCUT2D eigenvalue weighted by Gasteiger charge is 2.60. The largest absolute Gasteiger partial charge is 0.465 e. The summed E-state index contributed by atoms with van der Waals surface area (Å²) in [5.41, 5.74) is 0.415. The topological polar surface area (TPSA) is 46.5 Å². The zero-order valence-electron chi connectivity index (χ0n) is 11.7. The Morgan fingerprint density at radius 2 is 2.25 bits per heavy atom. The average Bonchev–Trinajstić information content (AvgIpc) is 3.03. The highest BCUT2D eigenvalue weighted by molar-refractivity contribution is 7.08. The second kappa shape index (κ2) is 5.01. The molecule has 1 N–H and O–H groups in total. The molecular weight excluding hydrogens is 272 g/mol. The molecule has 1 aromatic heterocycles. The fourth-order valence-electron chi connectivity index (χ4n) is 3.65. The molecule has 1 fully saturated rings. The smallest absolute Gasteiger partial charge is 0.315 e. The van der Waals surface area contributed by atoms with Gasteiger partial charge >= 0.3 is 5.97 Å². The molecule has 2 aliphatic carbocycles. The molecule has 2 atom stereocenters. The van der Waals surface area contributed by atoms with Crippen molar-refractivity contribution < 1.29 is 14.6 Å². The molecule has 0 spiro atoms. The minimum atomic E-state index is -1.03. The molecule has 0 saturated heterocycles. The third-order valence-corrected chi connectivity index (χ3v) is 5.39. The van der Waals surface area contributed by atoms with Gasteiger partial charge in [-0.1, -0.05) is 12.8 Å². The summed E-state index contributed by atoms with van der Waals surface area (Å²) in [5.74, 6) is -0.233. The Bertz CT molecular complexity index is 534. The maximum atomic E-state index is 12.5. The Kier molecular flexibility index (Phi) is 3.46. The van der Waals surface area contributed by atoms with Gasteiger partial charge in [-0.15, -0.1) is 0 Å². The molecule has 1 heterocycles. The van der Waals surface area contributed by atoms with E-state index in [1.807, 2.05) is 18.4 Å². The molecule has 0 unspecified atom stereocenters. The SMILES string of the molecule is CCOC(=O)[C@]12CCCC[C@@]1(O)C=C(c1ccsc1)C2. The fourth-order valence-corrected chi connectivity index (χ4v) is 4.33. The molecule has 0 radical (unpaired) electrons. The lowest BCUT2D eigenvalue weighted by molar-refractivity contribution is -0.173. The molecule has 0 bridgehead atoms. The van der Waals surface area contributed by atoms with Crippen LogP contribution in [0.3, 0.4) is 0 Å². The summed E-state index contributed by atoms with van der Waals surface area (Å²) in [6.07, 6.45) is 5.83. The first-order valence-electron chi connectivity index (χ1n) is 7.25. The normalized spacial score (nSPS) is 32.6. The zero-order valence-corrected chi connectivity index (χ0v) is 12.5. The number of allylic oxidation sites excluding steroid dienone is 1. The Morgan fingerprint density at radius 3 is 2.95 bits per heavy atom. The predicted molar refractivity (Wildman–Crippen MR) is 79.4 cm³/mol. The van der Waals surface area contributed by atoms with Gasteiger partial charge in [-0.2, -0.15) is 11.3 Å². The van der Waals surface area contributed by atoms with Gasteiger partial charge in [0.05, 0.1) is 12.2 Å². The summed E-state index contributed by atoms with van der Waals surface area (Å²) in [6, 6.07) is 2.05. The van der Waals surface area contributed by atoms with E-state index < -0.39 is 11.0 Å². The van der Waals surface area contributed by atoms with Crippen molar-refractivity contribution in [3.63, 3.8) is 0 Å². The molecule has 1 saturated carbocycles. The summed E-state index contributed by atoms with van der Waals surface area (Å²) >= 11 is 1.64. The van der Waals surface area contributed by atoms with E-state index in [9.17, 15) is 9.90 Å². The van der Waals surface area contributed by atoms with Crippen molar-refractivity contribution in [1.82, 2.24) is 0 Å². The number of fused-ring (bicyclic) bond motifs is 1. The van der Waals surface area contributed by atoms with Gasteiger partial charge in [0.2, 0.25) is 0 Å². The van der Waals surface area contributed by atoms with Crippen LogP contribution in [0, 0.1) is 5.41 Å². The lowest BCUT2D eigenvalue weighted by Crippen LogP contribution is -2.52. The van der Waals surface area contributed by atoms with Crippen molar-refractivity contribution in [1.29, 1.82) is 0 Å². The van der Waals surface area contributed by atoms with Gasteiger partial charge in [-0.3, -0.25) is 4.79 Å². The van der Waals surface area contributed by atoms with Crippen LogP contribution in [-0.2, 0) is 9.53 Å². The molecule has 1 aromatic rings. The van der Waals surface area contributed by atoms with Crippen LogP contribution in [0.2, 0.25) is 0 Å². The quantitative estimate of drug-likeness (QED) is 0.869. The summed E-state index contributed by atoms with van der Waals surface area (Å²) in [5, 5.41) is 15.2. The number of aliphatic hydroxyl groups is 1. The summed E-state index contributed by atoms with van der Waals surface area (Å²) in [6.45, 7) is 2.18. The molecule has 0 aliphatic heterocycles. The van der Waals surface area contributed by atoms with E-state index in [0.717, 1.165) is 24.0 Å². The van der Waals surface area contributed by atoms with E-state index >= 15 is 0 Å². The van der Waals surface area contributed by atoms with Crippen LogP contribution in [0.15, 0.2) is 22.9 Å². The van der Waals surface area contributed by atoms with Crippen molar-refractivity contribution in [3.05, 3.63) is 28.5 Å². The monoisotopic (exact) mass is 292 g/mol. The van der Waals surface area contributed by atoms with E-state index in [-0.39, 0.29) is 5.97 Å². The molecule has 20 heavy (non-hydrogen) atoms. The second-order valence-electron chi connectivity index (χ2n) is 5.79. The first kappa shape index (κ1) is 13.8. The van der Waals surface area contributed by atoms with Gasteiger partial charge in [-0.25, -0.2) is 0 Å². The second-order valence-corrected chi connectivity index (χ2v) is 6.57. The fraction of sp³-hybridized carbons (Fsp3) is 0.562. The number of thiophene rings is 1. The maximum Gasteiger partial charge on any atom is 0.315 e. The van der Waals surface area contributed by atoms with Gasteiger partial charge in [-0.05, 0) is 60.2 Å². The van der Waals surface area contributed by atoms with Crippen molar-refractivity contribution in [2.45, 2.75) is 44.6 Å². The van der Waals surface area contributed by atoms with Gasteiger partial charge in [0, 0.05) is 0 Å². The molecular formula is C16H20O3S. The van der Waals surface area contributed by atoms with E-state index in [4.69, 9.17) is 4.74 Å². The van der Waals surface area contributed by atoms with Crippen molar-refractivity contribution in [2.24, 2.45) is 5.41 Å². The van der Waals surface area contributed by atoms with Crippen LogP contribution in [0.25, 0.3) is 5.57 Å². The summed E-state index contributed by atoms with van der Waals surface area (Å²) < 4.78 is 5.29. The first-order chi connectivity index (χ1) is 9.61. The number of hydrogen-bond donors (Lipinski definition) is 1. The minimum absolute atomic E-state index is 0.233. The third kappa shape index (κ3) is 1.93. The van der Waals surface area contributed by atoms with E-state index in [1.165, 1.54) is 0 Å². The maximum absolute atomic E-state index is 12.5. The van der Waals surface area contributed by atoms with Crippen LogP contribution in [0.4, 0.5) is 0 Å². The predicted octanol–water partition coefficient (Wildman–Crippen LogP) is 3.39. The highest BCUT2D eigenvalue weighted by Crippen LogP contribution is 2.56. The average molecular weight is 292 g/mol. The van der Waals surface area contributed by atoms with Crippen molar-refractivity contribution in [3.8, 4) is 0 Å². The number of carbonyl (C=O) groups excluding carboxylic acids is 1. The molecule has 0 aromatic carbocycles. The Balaban J connectivity index is 1.99. The molecule has 3 nitrogen and oxygen atoms in total. The van der Waals surface area contributed by atoms with E-state index in [2.05, 4.69) is 11.4 Å². The molecule has 3 rings (SSSR count). The van der Waals surface area contributed by atoms with Crippen LogP contribution in [0.1, 0.15) is 44.6 Å². The van der Waals surface area contributed by atoms with Crippen molar-refractivity contribution in [2.75, 3.05) is 6.61 Å².